The molecule has 0 N–H and O–H groups in total. The Morgan fingerprint density at radius 2 is 2.04 bits per heavy atom. The number of likely N-dealkylation sites (N-methyl/N-ethyl adjacent to an activating group) is 1. The number of piperidine rings is 1. The third kappa shape index (κ3) is 4.01. The molecule has 1 fully saturated rings. The van der Waals surface area contributed by atoms with E-state index in [9.17, 15) is 4.79 Å². The van der Waals surface area contributed by atoms with E-state index in [1.54, 1.807) is 6.20 Å². The number of nitrogens with zero attached hydrogens (tertiary/aromatic N) is 3. The van der Waals surface area contributed by atoms with Crippen molar-refractivity contribution in [3.8, 4) is 0 Å². The van der Waals surface area contributed by atoms with Gasteiger partial charge in [-0.25, -0.2) is 0 Å². The van der Waals surface area contributed by atoms with Gasteiger partial charge in [-0.05, 0) is 44.5 Å². The average molecular weight is 323 g/mol. The minimum atomic E-state index is 0.0975. The number of pyridine rings is 1. The number of aromatic nitrogens is 1. The van der Waals surface area contributed by atoms with E-state index in [1.165, 1.54) is 5.56 Å². The van der Waals surface area contributed by atoms with Crippen LogP contribution in [0, 0.1) is 6.92 Å². The number of benzene rings is 1. The van der Waals surface area contributed by atoms with E-state index in [0.29, 0.717) is 11.6 Å². The molecule has 4 heteroatoms. The van der Waals surface area contributed by atoms with Crippen LogP contribution in [0.3, 0.4) is 0 Å². The minimum absolute atomic E-state index is 0.0975. The van der Waals surface area contributed by atoms with E-state index in [1.807, 2.05) is 30.0 Å². The zero-order valence-electron chi connectivity index (χ0n) is 14.5. The molecule has 24 heavy (non-hydrogen) atoms. The zero-order chi connectivity index (χ0) is 16.9. The molecular formula is C20H25N3O. The summed E-state index contributed by atoms with van der Waals surface area (Å²) in [5.41, 5.74) is 2.93. The van der Waals surface area contributed by atoms with Gasteiger partial charge in [-0.1, -0.05) is 30.3 Å². The third-order valence-electron chi connectivity index (χ3n) is 4.74. The summed E-state index contributed by atoms with van der Waals surface area (Å²) in [4.78, 5) is 21.3. The van der Waals surface area contributed by atoms with Gasteiger partial charge < -0.3 is 4.90 Å². The van der Waals surface area contributed by atoms with E-state index in [2.05, 4.69) is 41.2 Å². The average Bonchev–Trinajstić information content (AvgIpc) is 2.63. The Labute approximate surface area is 144 Å². The van der Waals surface area contributed by atoms with Crippen LogP contribution in [-0.4, -0.2) is 46.9 Å². The predicted octanol–water partition coefficient (Wildman–Crippen LogP) is 3.13. The van der Waals surface area contributed by atoms with Crippen molar-refractivity contribution < 1.29 is 4.79 Å². The van der Waals surface area contributed by atoms with Crippen LogP contribution >= 0.6 is 0 Å². The monoisotopic (exact) mass is 323 g/mol. The smallest absolute Gasteiger partial charge is 0.255 e. The van der Waals surface area contributed by atoms with Crippen LogP contribution in [0.15, 0.2) is 48.7 Å². The SMILES string of the molecule is Cc1ccc(C(=O)N2CCCC(N(C)Cc3ccccc3)C2)cn1. The van der Waals surface area contributed by atoms with Crippen molar-refractivity contribution in [2.75, 3.05) is 20.1 Å². The Morgan fingerprint density at radius 1 is 1.25 bits per heavy atom. The number of amides is 1. The molecule has 1 unspecified atom stereocenters. The number of carbonyl (C=O) groups is 1. The van der Waals surface area contributed by atoms with Crippen molar-refractivity contribution in [1.82, 2.24) is 14.8 Å². The maximum atomic E-state index is 12.7. The van der Waals surface area contributed by atoms with Gasteiger partial charge in [-0.3, -0.25) is 14.7 Å². The summed E-state index contributed by atoms with van der Waals surface area (Å²) in [6.07, 6.45) is 3.88. The van der Waals surface area contributed by atoms with Crippen LogP contribution in [0.4, 0.5) is 0 Å². The summed E-state index contributed by atoms with van der Waals surface area (Å²) < 4.78 is 0. The number of aryl methyl sites for hydroxylation is 1. The highest BCUT2D eigenvalue weighted by molar-refractivity contribution is 5.94. The van der Waals surface area contributed by atoms with E-state index in [4.69, 9.17) is 0 Å². The molecule has 2 heterocycles. The lowest BCUT2D eigenvalue weighted by Crippen LogP contribution is -2.48. The molecule has 1 atom stereocenters. The Hall–Kier alpha value is -2.20. The predicted molar refractivity (Wildman–Crippen MR) is 95.8 cm³/mol. The van der Waals surface area contributed by atoms with Gasteiger partial charge in [0.1, 0.15) is 0 Å². The van der Waals surface area contributed by atoms with Gasteiger partial charge in [0.05, 0.1) is 5.56 Å². The molecule has 3 rings (SSSR count). The van der Waals surface area contributed by atoms with Crippen LogP contribution in [0.5, 0.6) is 0 Å². The molecule has 1 saturated heterocycles. The van der Waals surface area contributed by atoms with E-state index < -0.39 is 0 Å². The first-order valence-electron chi connectivity index (χ1n) is 8.59. The number of likely N-dealkylation sites (tertiary alicyclic amines) is 1. The van der Waals surface area contributed by atoms with Gasteiger partial charge in [0.2, 0.25) is 0 Å². The normalized spacial score (nSPS) is 18.0. The van der Waals surface area contributed by atoms with Gasteiger partial charge in [0.25, 0.3) is 5.91 Å². The Bertz CT molecular complexity index is 669. The maximum Gasteiger partial charge on any atom is 0.255 e. The first-order chi connectivity index (χ1) is 11.6. The molecule has 0 spiro atoms. The van der Waals surface area contributed by atoms with Crippen LogP contribution in [0.25, 0.3) is 0 Å². The quantitative estimate of drug-likeness (QED) is 0.867. The standard InChI is InChI=1S/C20H25N3O/c1-16-10-11-18(13-21-16)20(24)23-12-6-9-19(15-23)22(2)14-17-7-4-3-5-8-17/h3-5,7-8,10-11,13,19H,6,9,12,14-15H2,1-2H3. The fourth-order valence-corrected chi connectivity index (χ4v) is 3.28. The third-order valence-corrected chi connectivity index (χ3v) is 4.74. The molecule has 0 saturated carbocycles. The topological polar surface area (TPSA) is 36.4 Å². The molecule has 4 nitrogen and oxygen atoms in total. The second-order valence-corrected chi connectivity index (χ2v) is 6.64. The minimum Gasteiger partial charge on any atom is -0.337 e. The van der Waals surface area contributed by atoms with Crippen molar-refractivity contribution in [2.45, 2.75) is 32.4 Å². The van der Waals surface area contributed by atoms with E-state index >= 15 is 0 Å². The largest absolute Gasteiger partial charge is 0.337 e. The Balaban J connectivity index is 1.63. The van der Waals surface area contributed by atoms with Gasteiger partial charge in [-0.15, -0.1) is 0 Å². The number of hydrogen-bond donors (Lipinski definition) is 0. The second kappa shape index (κ2) is 7.58. The Kier molecular flexibility index (Phi) is 5.26. The molecule has 1 aromatic heterocycles. The number of rotatable bonds is 4. The summed E-state index contributed by atoms with van der Waals surface area (Å²) in [6.45, 7) is 4.47. The summed E-state index contributed by atoms with van der Waals surface area (Å²) in [5.74, 6) is 0.0975. The highest BCUT2D eigenvalue weighted by atomic mass is 16.2. The first kappa shape index (κ1) is 16.7. The zero-order valence-corrected chi connectivity index (χ0v) is 14.5. The van der Waals surface area contributed by atoms with Crippen LogP contribution in [0.1, 0.15) is 34.5 Å². The van der Waals surface area contributed by atoms with Gasteiger partial charge in [-0.2, -0.15) is 0 Å². The summed E-state index contributed by atoms with van der Waals surface area (Å²) in [6, 6.07) is 14.7. The summed E-state index contributed by atoms with van der Waals surface area (Å²) in [5, 5.41) is 0. The van der Waals surface area contributed by atoms with Crippen molar-refractivity contribution >= 4 is 5.91 Å². The molecule has 2 aromatic rings. The van der Waals surface area contributed by atoms with E-state index in [0.717, 1.165) is 38.2 Å². The van der Waals surface area contributed by atoms with Crippen molar-refractivity contribution in [3.63, 3.8) is 0 Å². The van der Waals surface area contributed by atoms with Gasteiger partial charge >= 0.3 is 0 Å². The lowest BCUT2D eigenvalue weighted by atomic mass is 10.0. The summed E-state index contributed by atoms with van der Waals surface area (Å²) >= 11 is 0. The molecule has 126 valence electrons. The van der Waals surface area contributed by atoms with Crippen LogP contribution < -0.4 is 0 Å². The molecular weight excluding hydrogens is 298 g/mol. The highest BCUT2D eigenvalue weighted by Gasteiger charge is 2.27. The molecule has 0 aliphatic carbocycles. The van der Waals surface area contributed by atoms with Crippen LogP contribution in [0.2, 0.25) is 0 Å². The highest BCUT2D eigenvalue weighted by Crippen LogP contribution is 2.19. The Morgan fingerprint density at radius 3 is 2.75 bits per heavy atom. The first-order valence-corrected chi connectivity index (χ1v) is 8.59. The number of hydrogen-bond acceptors (Lipinski definition) is 3. The van der Waals surface area contributed by atoms with E-state index in [-0.39, 0.29) is 5.91 Å². The lowest BCUT2D eigenvalue weighted by Gasteiger charge is -2.37. The van der Waals surface area contributed by atoms with Gasteiger partial charge in [0, 0.05) is 37.6 Å². The lowest BCUT2D eigenvalue weighted by molar-refractivity contribution is 0.0602. The second-order valence-electron chi connectivity index (χ2n) is 6.64. The fourth-order valence-electron chi connectivity index (χ4n) is 3.28. The van der Waals surface area contributed by atoms with Crippen LogP contribution in [-0.2, 0) is 6.54 Å². The molecule has 0 radical (unpaired) electrons. The molecule has 1 aliphatic rings. The number of carbonyl (C=O) groups excluding carboxylic acids is 1. The molecule has 0 bridgehead atoms. The molecule has 1 amide bonds. The fraction of sp³-hybridized carbons (Fsp3) is 0.400. The molecule has 1 aromatic carbocycles. The van der Waals surface area contributed by atoms with Crippen molar-refractivity contribution in [2.24, 2.45) is 0 Å². The molecule has 1 aliphatic heterocycles. The van der Waals surface area contributed by atoms with Crippen molar-refractivity contribution in [3.05, 3.63) is 65.5 Å². The summed E-state index contributed by atoms with van der Waals surface area (Å²) in [7, 11) is 2.15. The van der Waals surface area contributed by atoms with Gasteiger partial charge in [0.15, 0.2) is 0 Å². The van der Waals surface area contributed by atoms with Crippen molar-refractivity contribution in [1.29, 1.82) is 0 Å². The maximum absolute atomic E-state index is 12.7.